The predicted octanol–water partition coefficient (Wildman–Crippen LogP) is 4.08. The minimum Gasteiger partial charge on any atom is -0.342 e. The molecule has 0 radical (unpaired) electrons. The van der Waals surface area contributed by atoms with E-state index in [9.17, 15) is 0 Å². The Morgan fingerprint density at radius 2 is 2.05 bits per heavy atom. The van der Waals surface area contributed by atoms with Crippen LogP contribution in [-0.4, -0.2) is 24.9 Å². The van der Waals surface area contributed by atoms with Crippen molar-refractivity contribution in [3.05, 3.63) is 48.1 Å². The van der Waals surface area contributed by atoms with Crippen molar-refractivity contribution in [2.45, 2.75) is 27.2 Å². The van der Waals surface area contributed by atoms with Gasteiger partial charge in [-0.1, -0.05) is 36.0 Å². The van der Waals surface area contributed by atoms with Crippen molar-refractivity contribution in [2.75, 3.05) is 6.54 Å². The highest BCUT2D eigenvalue weighted by Gasteiger charge is 2.05. The molecule has 0 aromatic heterocycles. The summed E-state index contributed by atoms with van der Waals surface area (Å²) in [6.07, 6.45) is 9.14. The summed E-state index contributed by atoms with van der Waals surface area (Å²) in [5.41, 5.74) is 2.58. The number of nitrogens with zero attached hydrogens (tertiary/aromatic N) is 2. The van der Waals surface area contributed by atoms with E-state index in [1.54, 1.807) is 13.1 Å². The smallest absolute Gasteiger partial charge is 0.221 e. The Kier molecular flexibility index (Phi) is 9.48. The predicted molar refractivity (Wildman–Crippen MR) is 87.8 cm³/mol. The molecule has 0 rings (SSSR count). The van der Waals surface area contributed by atoms with E-state index in [1.165, 1.54) is 6.21 Å². The van der Waals surface area contributed by atoms with Crippen molar-refractivity contribution >= 4 is 18.3 Å². The first kappa shape index (κ1) is 17.8. The molecule has 0 fully saturated rings. The van der Waals surface area contributed by atoms with Gasteiger partial charge in [-0.15, -0.1) is 0 Å². The average molecular weight is 273 g/mol. The summed E-state index contributed by atoms with van der Waals surface area (Å²) in [4.78, 5) is 8.95. The molecule has 1 N–H and O–H groups in total. The molecular weight excluding hydrogens is 250 g/mol. The van der Waals surface area contributed by atoms with Gasteiger partial charge in [0.1, 0.15) is 0 Å². The maximum atomic E-state index is 7.67. The molecule has 0 unspecified atom stereocenters. The highest BCUT2D eigenvalue weighted by molar-refractivity contribution is 5.77. The second-order valence-corrected chi connectivity index (χ2v) is 4.09. The van der Waals surface area contributed by atoms with Gasteiger partial charge in [0.05, 0.1) is 6.42 Å². The largest absolute Gasteiger partial charge is 0.342 e. The number of hydrogen-bond donors (Lipinski definition) is 1. The second kappa shape index (κ2) is 10.7. The highest BCUT2D eigenvalue weighted by atomic mass is 16.6. The van der Waals surface area contributed by atoms with Crippen LogP contribution in [0.15, 0.2) is 58.3 Å². The maximum Gasteiger partial charge on any atom is 0.221 e. The van der Waals surface area contributed by atoms with Crippen LogP contribution in [0.2, 0.25) is 0 Å². The lowest BCUT2D eigenvalue weighted by Gasteiger charge is -2.07. The molecule has 20 heavy (non-hydrogen) atoms. The van der Waals surface area contributed by atoms with Gasteiger partial charge in [-0.05, 0) is 38.0 Å². The number of aliphatic imine (C=N–C) groups is 1. The van der Waals surface area contributed by atoms with Gasteiger partial charge >= 0.3 is 0 Å². The van der Waals surface area contributed by atoms with Gasteiger partial charge < -0.3 is 4.84 Å². The molecule has 0 spiro atoms. The SMILES string of the molecule is C=C(/C=C\C=NCC)/C=C(\CC(=N)O/N=C/C)C(=C)C. The van der Waals surface area contributed by atoms with Crippen LogP contribution in [0, 0.1) is 5.41 Å². The number of nitrogens with one attached hydrogen (secondary N) is 1. The lowest BCUT2D eigenvalue weighted by molar-refractivity contribution is 0.319. The summed E-state index contributed by atoms with van der Waals surface area (Å²) < 4.78 is 0. The van der Waals surface area contributed by atoms with Crippen LogP contribution < -0.4 is 0 Å². The molecule has 0 saturated carbocycles. The first-order valence-corrected chi connectivity index (χ1v) is 6.45. The fourth-order valence-corrected chi connectivity index (χ4v) is 1.25. The topological polar surface area (TPSA) is 57.8 Å². The third-order valence-corrected chi connectivity index (χ3v) is 2.21. The molecular formula is C16H23N3O. The third-order valence-electron chi connectivity index (χ3n) is 2.21. The summed E-state index contributed by atoms with van der Waals surface area (Å²) in [7, 11) is 0. The van der Waals surface area contributed by atoms with E-state index in [0.717, 1.165) is 23.3 Å². The lowest BCUT2D eigenvalue weighted by atomic mass is 10.0. The molecule has 0 saturated heterocycles. The first-order valence-electron chi connectivity index (χ1n) is 6.45. The molecule has 0 atom stereocenters. The van der Waals surface area contributed by atoms with Crippen molar-refractivity contribution in [1.29, 1.82) is 5.41 Å². The van der Waals surface area contributed by atoms with Crippen molar-refractivity contribution in [1.82, 2.24) is 0 Å². The molecule has 0 heterocycles. The Morgan fingerprint density at radius 1 is 1.35 bits per heavy atom. The van der Waals surface area contributed by atoms with Gasteiger partial charge in [-0.2, -0.15) is 0 Å². The fourth-order valence-electron chi connectivity index (χ4n) is 1.25. The van der Waals surface area contributed by atoms with Crippen LogP contribution in [0.3, 0.4) is 0 Å². The van der Waals surface area contributed by atoms with E-state index >= 15 is 0 Å². The van der Waals surface area contributed by atoms with E-state index in [1.807, 2.05) is 32.1 Å². The average Bonchev–Trinajstić information content (AvgIpc) is 2.40. The summed E-state index contributed by atoms with van der Waals surface area (Å²) in [5, 5.41) is 11.2. The maximum absolute atomic E-state index is 7.67. The van der Waals surface area contributed by atoms with Gasteiger partial charge in [0.2, 0.25) is 5.90 Å². The summed E-state index contributed by atoms with van der Waals surface area (Å²) in [6.45, 7) is 14.2. The quantitative estimate of drug-likeness (QED) is 0.308. The van der Waals surface area contributed by atoms with Gasteiger partial charge in [0, 0.05) is 19.0 Å². The monoisotopic (exact) mass is 273 g/mol. The van der Waals surface area contributed by atoms with Gasteiger partial charge in [-0.3, -0.25) is 10.4 Å². The Balaban J connectivity index is 4.73. The van der Waals surface area contributed by atoms with Crippen LogP contribution in [0.4, 0.5) is 0 Å². The minimum atomic E-state index is 0.0710. The molecule has 0 aromatic carbocycles. The van der Waals surface area contributed by atoms with Crippen LogP contribution in [0.5, 0.6) is 0 Å². The summed E-state index contributed by atoms with van der Waals surface area (Å²) >= 11 is 0. The zero-order valence-corrected chi connectivity index (χ0v) is 12.5. The molecule has 4 nitrogen and oxygen atoms in total. The van der Waals surface area contributed by atoms with Crippen LogP contribution >= 0.6 is 0 Å². The van der Waals surface area contributed by atoms with Crippen molar-refractivity contribution < 1.29 is 4.84 Å². The van der Waals surface area contributed by atoms with Crippen molar-refractivity contribution in [3.8, 4) is 0 Å². The Morgan fingerprint density at radius 3 is 2.60 bits per heavy atom. The van der Waals surface area contributed by atoms with Gasteiger partial charge in [0.25, 0.3) is 0 Å². The molecule has 4 heteroatoms. The number of rotatable bonds is 8. The Labute approximate surface area is 121 Å². The number of oxime groups is 1. The third kappa shape index (κ3) is 8.80. The van der Waals surface area contributed by atoms with Gasteiger partial charge in [-0.25, -0.2) is 0 Å². The lowest BCUT2D eigenvalue weighted by Crippen LogP contribution is -2.01. The zero-order valence-electron chi connectivity index (χ0n) is 12.5. The molecule has 0 aliphatic heterocycles. The zero-order chi connectivity index (χ0) is 15.4. The molecule has 0 aromatic rings. The number of hydrogen-bond acceptors (Lipinski definition) is 4. The standard InChI is InChI=1S/C16H23N3O/c1-6-18-10-8-9-14(5)11-15(13(3)4)12-16(17)20-19-7-2/h7-11,17H,3,5-6,12H2,1-2,4H3/b9-8-,15-11+,17-16?,18-10?,19-7+. The van der Waals surface area contributed by atoms with Gasteiger partial charge in [0.15, 0.2) is 0 Å². The van der Waals surface area contributed by atoms with Crippen LogP contribution in [-0.2, 0) is 4.84 Å². The van der Waals surface area contributed by atoms with E-state index in [-0.39, 0.29) is 5.90 Å². The molecule has 0 aliphatic carbocycles. The first-order chi connectivity index (χ1) is 9.51. The van der Waals surface area contributed by atoms with Crippen LogP contribution in [0.1, 0.15) is 27.2 Å². The van der Waals surface area contributed by atoms with E-state index < -0.39 is 0 Å². The minimum absolute atomic E-state index is 0.0710. The van der Waals surface area contributed by atoms with Crippen molar-refractivity contribution in [3.63, 3.8) is 0 Å². The normalized spacial score (nSPS) is 12.4. The van der Waals surface area contributed by atoms with E-state index in [4.69, 9.17) is 10.2 Å². The second-order valence-electron chi connectivity index (χ2n) is 4.09. The highest BCUT2D eigenvalue weighted by Crippen LogP contribution is 2.15. The molecule has 108 valence electrons. The van der Waals surface area contributed by atoms with Crippen LogP contribution in [0.25, 0.3) is 0 Å². The fraction of sp³-hybridized carbons (Fsp3) is 0.312. The van der Waals surface area contributed by atoms with E-state index in [2.05, 4.69) is 23.3 Å². The van der Waals surface area contributed by atoms with E-state index in [0.29, 0.717) is 6.42 Å². The summed E-state index contributed by atoms with van der Waals surface area (Å²) in [5.74, 6) is 0.0710. The Bertz CT molecular complexity index is 468. The molecule has 0 aliphatic rings. The summed E-state index contributed by atoms with van der Waals surface area (Å²) in [6, 6.07) is 0. The van der Waals surface area contributed by atoms with Crippen molar-refractivity contribution in [2.24, 2.45) is 10.1 Å². The Hall–Kier alpha value is -2.23. The molecule has 0 amide bonds. The molecule has 0 bridgehead atoms. The number of allylic oxidation sites excluding steroid dienone is 5.